The molecule has 2 nitrogen and oxygen atoms in total. The monoisotopic (exact) mass is 710 g/mol. The van der Waals surface area contributed by atoms with Crippen LogP contribution in [0, 0.1) is 23.7 Å². The van der Waals surface area contributed by atoms with Crippen molar-refractivity contribution in [2.24, 2.45) is 23.7 Å². The molecule has 0 bridgehead atoms. The highest BCUT2D eigenvalue weighted by Gasteiger charge is 2.34. The summed E-state index contributed by atoms with van der Waals surface area (Å²) in [5.41, 5.74) is 15.8. The lowest BCUT2D eigenvalue weighted by molar-refractivity contribution is 0.351. The van der Waals surface area contributed by atoms with Crippen molar-refractivity contribution in [2.45, 2.75) is 128 Å². The minimum absolute atomic E-state index is 0.472. The van der Waals surface area contributed by atoms with Crippen LogP contribution in [0.15, 0.2) is 108 Å². The van der Waals surface area contributed by atoms with Gasteiger partial charge in [0, 0.05) is 33.4 Å². The average Bonchev–Trinajstić information content (AvgIpc) is 3.77. The molecule has 2 aromatic heterocycles. The van der Waals surface area contributed by atoms with Crippen LogP contribution in [0.2, 0.25) is 0 Å². The van der Waals surface area contributed by atoms with Crippen molar-refractivity contribution in [1.82, 2.24) is 9.13 Å². The van der Waals surface area contributed by atoms with Gasteiger partial charge in [-0.3, -0.25) is 0 Å². The first-order valence-corrected chi connectivity index (χ1v) is 22.2. The molecular formula is C52H58N2. The lowest BCUT2D eigenvalue weighted by atomic mass is 9.73. The molecule has 0 N–H and O–H groups in total. The van der Waals surface area contributed by atoms with Gasteiger partial charge in [0.15, 0.2) is 0 Å². The molecule has 0 amide bonds. The van der Waals surface area contributed by atoms with Gasteiger partial charge in [-0.1, -0.05) is 78.9 Å². The zero-order valence-electron chi connectivity index (χ0n) is 32.3. The number of hydrogen-bond acceptors (Lipinski definition) is 0. The van der Waals surface area contributed by atoms with E-state index < -0.39 is 0 Å². The van der Waals surface area contributed by atoms with E-state index in [0.29, 0.717) is 17.9 Å². The summed E-state index contributed by atoms with van der Waals surface area (Å²) in [6.07, 6.45) is 45.8. The first kappa shape index (κ1) is 33.3. The van der Waals surface area contributed by atoms with Crippen molar-refractivity contribution in [1.29, 1.82) is 0 Å². The zero-order valence-corrected chi connectivity index (χ0v) is 32.3. The topological polar surface area (TPSA) is 9.86 Å². The van der Waals surface area contributed by atoms with Crippen LogP contribution in [-0.4, -0.2) is 9.13 Å². The molecule has 4 aromatic rings. The van der Waals surface area contributed by atoms with Crippen LogP contribution in [0.1, 0.15) is 130 Å². The molecule has 0 saturated carbocycles. The standard InChI is InChI=1S/C52H58N2/c1-3-12-35(13-4-1)38-24-27-43(28-25-38)53-47-21-10-9-20-45(47)51-49(53)30-31-50-52(51)46-34-42(36-14-5-2-6-15-36)26-29-48(46)54(50)44-19-11-18-40(33-44)41-23-22-37-16-7-8-17-39(37)32-41/h2-3,5-7,12,14-16,19,24,27,30-33,35,37-39,42-43H,1,4,8-11,13,17-18,20-23,25-26,28-29,34H2. The quantitative estimate of drug-likeness (QED) is 0.183. The molecule has 6 atom stereocenters. The largest absolute Gasteiger partial charge is 0.337 e. The van der Waals surface area contributed by atoms with E-state index in [2.05, 4.69) is 106 Å². The summed E-state index contributed by atoms with van der Waals surface area (Å²) in [5, 5.41) is 3.21. The number of allylic oxidation sites excluding steroid dienone is 12. The van der Waals surface area contributed by atoms with E-state index >= 15 is 0 Å². The highest BCUT2D eigenvalue weighted by Crippen LogP contribution is 2.48. The van der Waals surface area contributed by atoms with Crippen molar-refractivity contribution in [3.05, 3.63) is 136 Å². The predicted octanol–water partition coefficient (Wildman–Crippen LogP) is 13.5. The smallest absolute Gasteiger partial charge is 0.0541 e. The second-order valence-corrected chi connectivity index (χ2v) is 18.1. The maximum Gasteiger partial charge on any atom is 0.0541 e. The molecule has 7 aliphatic rings. The summed E-state index contributed by atoms with van der Waals surface area (Å²) < 4.78 is 5.63. The number of nitrogens with zero attached hydrogens (tertiary/aromatic N) is 2. The van der Waals surface area contributed by atoms with Gasteiger partial charge in [-0.2, -0.15) is 0 Å². The van der Waals surface area contributed by atoms with E-state index in [1.54, 1.807) is 44.4 Å². The molecule has 54 heavy (non-hydrogen) atoms. The minimum atomic E-state index is 0.472. The summed E-state index contributed by atoms with van der Waals surface area (Å²) in [4.78, 5) is 0. The predicted molar refractivity (Wildman–Crippen MR) is 227 cm³/mol. The number of aryl methyl sites for hydroxylation is 1. The Kier molecular flexibility index (Phi) is 8.58. The van der Waals surface area contributed by atoms with Gasteiger partial charge in [0.25, 0.3) is 0 Å². The Hall–Kier alpha value is -4.04. The molecule has 7 aliphatic carbocycles. The van der Waals surface area contributed by atoms with Crippen LogP contribution in [0.4, 0.5) is 0 Å². The number of benzene rings is 2. The van der Waals surface area contributed by atoms with Gasteiger partial charge in [0.05, 0.1) is 11.6 Å². The van der Waals surface area contributed by atoms with Gasteiger partial charge in [-0.05, 0) is 191 Å². The Bertz CT molecular complexity index is 2280. The van der Waals surface area contributed by atoms with Gasteiger partial charge in [-0.25, -0.2) is 0 Å². The fraction of sp³-hybridized carbons (Fsp3) is 0.462. The highest BCUT2D eigenvalue weighted by molar-refractivity contribution is 6.12. The Labute approximate surface area is 323 Å². The second-order valence-electron chi connectivity index (χ2n) is 18.1. The number of fused-ring (bicyclic) bond motifs is 8. The SMILES string of the molecule is C1=CC(C2C=CC(n3c4c(c5c6c7c(n(C8=CCCC(C9=CC%10CCC=CC%10CC9)=C8)c6ccc53)CCC(c3ccccc3)C7)CCCC4)CC2)CCC1. The van der Waals surface area contributed by atoms with Gasteiger partial charge in [0.1, 0.15) is 0 Å². The summed E-state index contributed by atoms with van der Waals surface area (Å²) in [7, 11) is 0. The summed E-state index contributed by atoms with van der Waals surface area (Å²) in [5.74, 6) is 3.54. The molecular weight excluding hydrogens is 653 g/mol. The Morgan fingerprint density at radius 3 is 2.26 bits per heavy atom. The van der Waals surface area contributed by atoms with Crippen LogP contribution >= 0.6 is 0 Å². The molecule has 6 unspecified atom stereocenters. The second kappa shape index (κ2) is 13.9. The molecule has 2 aromatic carbocycles. The molecule has 11 rings (SSSR count). The van der Waals surface area contributed by atoms with Crippen LogP contribution in [0.5, 0.6) is 0 Å². The van der Waals surface area contributed by atoms with E-state index in [0.717, 1.165) is 37.0 Å². The van der Waals surface area contributed by atoms with Crippen LogP contribution < -0.4 is 0 Å². The number of hydrogen-bond donors (Lipinski definition) is 0. The summed E-state index contributed by atoms with van der Waals surface area (Å²) in [6.45, 7) is 0. The fourth-order valence-electron chi connectivity index (χ4n) is 12.5. The maximum absolute atomic E-state index is 2.86. The summed E-state index contributed by atoms with van der Waals surface area (Å²) >= 11 is 0. The fourth-order valence-corrected chi connectivity index (χ4v) is 12.5. The molecule has 0 radical (unpaired) electrons. The molecule has 2 heterocycles. The maximum atomic E-state index is 2.86. The van der Waals surface area contributed by atoms with Crippen LogP contribution in [0.3, 0.4) is 0 Å². The van der Waals surface area contributed by atoms with Crippen molar-refractivity contribution >= 4 is 27.5 Å². The van der Waals surface area contributed by atoms with E-state index in [4.69, 9.17) is 0 Å². The normalized spacial score (nSPS) is 29.4. The number of aromatic nitrogens is 2. The van der Waals surface area contributed by atoms with E-state index in [1.807, 2.05) is 0 Å². The Morgan fingerprint density at radius 1 is 0.537 bits per heavy atom. The van der Waals surface area contributed by atoms with E-state index in [9.17, 15) is 0 Å². The van der Waals surface area contributed by atoms with Gasteiger partial charge in [0.2, 0.25) is 0 Å². The number of rotatable bonds is 5. The Balaban J connectivity index is 1.06. The van der Waals surface area contributed by atoms with Crippen LogP contribution in [0.25, 0.3) is 27.5 Å². The van der Waals surface area contributed by atoms with Gasteiger partial charge in [-0.15, -0.1) is 0 Å². The highest BCUT2D eigenvalue weighted by atomic mass is 15.0. The lowest BCUT2D eigenvalue weighted by Crippen LogP contribution is -2.21. The van der Waals surface area contributed by atoms with Crippen molar-refractivity contribution in [2.75, 3.05) is 0 Å². The van der Waals surface area contributed by atoms with Crippen molar-refractivity contribution in [3.63, 3.8) is 0 Å². The van der Waals surface area contributed by atoms with Gasteiger partial charge < -0.3 is 9.13 Å². The van der Waals surface area contributed by atoms with Gasteiger partial charge >= 0.3 is 0 Å². The lowest BCUT2D eigenvalue weighted by Gasteiger charge is -2.32. The van der Waals surface area contributed by atoms with E-state index in [-0.39, 0.29) is 0 Å². The summed E-state index contributed by atoms with van der Waals surface area (Å²) in [6, 6.07) is 17.0. The third kappa shape index (κ3) is 5.64. The molecule has 0 saturated heterocycles. The van der Waals surface area contributed by atoms with E-state index in [1.165, 1.54) is 119 Å². The first-order valence-electron chi connectivity index (χ1n) is 22.2. The van der Waals surface area contributed by atoms with Crippen molar-refractivity contribution in [3.8, 4) is 0 Å². The third-order valence-corrected chi connectivity index (χ3v) is 15.1. The minimum Gasteiger partial charge on any atom is -0.337 e. The molecule has 0 aliphatic heterocycles. The third-order valence-electron chi connectivity index (χ3n) is 15.1. The zero-order chi connectivity index (χ0) is 35.6. The molecule has 0 spiro atoms. The molecule has 0 fully saturated rings. The van der Waals surface area contributed by atoms with Crippen molar-refractivity contribution < 1.29 is 0 Å². The first-order chi connectivity index (χ1) is 26.8. The van der Waals surface area contributed by atoms with Crippen LogP contribution in [-0.2, 0) is 25.7 Å². The molecule has 276 valence electrons. The molecule has 2 heteroatoms. The Morgan fingerprint density at radius 2 is 1.37 bits per heavy atom. The average molecular weight is 711 g/mol.